The molecule has 1 aromatic rings. The van der Waals surface area contributed by atoms with Gasteiger partial charge in [0.25, 0.3) is 0 Å². The van der Waals surface area contributed by atoms with E-state index in [1.165, 1.54) is 31.9 Å². The molecule has 0 amide bonds. The van der Waals surface area contributed by atoms with Gasteiger partial charge in [0.2, 0.25) is 0 Å². The van der Waals surface area contributed by atoms with Crippen molar-refractivity contribution in [3.05, 3.63) is 0 Å². The van der Waals surface area contributed by atoms with Crippen molar-refractivity contribution in [3.8, 4) is 0 Å². The lowest BCUT2D eigenvalue weighted by Gasteiger charge is -2.16. The van der Waals surface area contributed by atoms with E-state index in [-0.39, 0.29) is 10.7 Å². The largest absolute Gasteiger partial charge is 0.382 e. The summed E-state index contributed by atoms with van der Waals surface area (Å²) < 4.78 is 27.3. The van der Waals surface area contributed by atoms with Crippen molar-refractivity contribution < 1.29 is 8.42 Å². The molecule has 0 spiro atoms. The minimum atomic E-state index is -3.32. The first-order valence-corrected chi connectivity index (χ1v) is 8.86. The van der Waals surface area contributed by atoms with Crippen LogP contribution >= 0.6 is 11.5 Å². The molecule has 0 radical (unpaired) electrons. The van der Waals surface area contributed by atoms with E-state index < -0.39 is 9.84 Å². The Morgan fingerprint density at radius 1 is 1.28 bits per heavy atom. The predicted molar refractivity (Wildman–Crippen MR) is 74.7 cm³/mol. The Morgan fingerprint density at radius 3 is 2.44 bits per heavy atom. The second kappa shape index (κ2) is 5.44. The highest BCUT2D eigenvalue weighted by molar-refractivity contribution is 7.91. The first-order chi connectivity index (χ1) is 8.48. The molecule has 0 aromatic carbocycles. The van der Waals surface area contributed by atoms with Crippen LogP contribution in [0, 0.1) is 0 Å². The van der Waals surface area contributed by atoms with Gasteiger partial charge in [0.1, 0.15) is 9.90 Å². The van der Waals surface area contributed by atoms with Crippen LogP contribution < -0.4 is 11.1 Å². The van der Waals surface area contributed by atoms with Gasteiger partial charge in [-0.25, -0.2) is 8.42 Å². The number of nitrogen functional groups attached to an aromatic ring is 1. The number of rotatable bonds is 3. The monoisotopic (exact) mass is 289 g/mol. The summed E-state index contributed by atoms with van der Waals surface area (Å²) in [5, 5.41) is 3.91. The van der Waals surface area contributed by atoms with Gasteiger partial charge in [0.15, 0.2) is 15.7 Å². The standard InChI is InChI=1S/C11H19N3O2S2/c1-18(15,16)9-10(12)14-17-11(9)13-8-6-4-2-3-5-7-8/h8,13H,2-7H2,1H3,(H2,12,14). The number of nitrogens with zero attached hydrogens (tertiary/aromatic N) is 1. The average Bonchev–Trinajstić information content (AvgIpc) is 2.49. The molecule has 1 aromatic heterocycles. The van der Waals surface area contributed by atoms with E-state index in [1.807, 2.05) is 0 Å². The predicted octanol–water partition coefficient (Wildman–Crippen LogP) is 2.26. The summed E-state index contributed by atoms with van der Waals surface area (Å²) in [7, 11) is -3.32. The average molecular weight is 289 g/mol. The van der Waals surface area contributed by atoms with Crippen LogP contribution in [-0.2, 0) is 9.84 Å². The minimum absolute atomic E-state index is 0.110. The number of nitrogens with one attached hydrogen (secondary N) is 1. The Hall–Kier alpha value is -0.820. The lowest BCUT2D eigenvalue weighted by Crippen LogP contribution is -2.19. The third-order valence-corrected chi connectivity index (χ3v) is 5.31. The number of nitrogens with two attached hydrogens (primary N) is 1. The van der Waals surface area contributed by atoms with Crippen molar-refractivity contribution in [2.45, 2.75) is 49.5 Å². The maximum absolute atomic E-state index is 11.7. The van der Waals surface area contributed by atoms with Gasteiger partial charge in [-0.15, -0.1) is 0 Å². The Bertz CT molecular complexity index is 502. The van der Waals surface area contributed by atoms with Gasteiger partial charge in [-0.3, -0.25) is 0 Å². The summed E-state index contributed by atoms with van der Waals surface area (Å²) in [6.45, 7) is 0. The van der Waals surface area contributed by atoms with Gasteiger partial charge in [-0.1, -0.05) is 25.7 Å². The molecule has 7 heteroatoms. The van der Waals surface area contributed by atoms with Crippen molar-refractivity contribution in [2.75, 3.05) is 17.3 Å². The summed E-state index contributed by atoms with van der Waals surface area (Å²) >= 11 is 1.14. The maximum Gasteiger partial charge on any atom is 0.182 e. The van der Waals surface area contributed by atoms with Gasteiger partial charge in [0, 0.05) is 12.3 Å². The molecule has 0 atom stereocenters. The Balaban J connectivity index is 2.19. The Kier molecular flexibility index (Phi) is 4.11. The Morgan fingerprint density at radius 2 is 1.89 bits per heavy atom. The van der Waals surface area contributed by atoms with Crippen LogP contribution in [0.2, 0.25) is 0 Å². The van der Waals surface area contributed by atoms with Crippen molar-refractivity contribution in [2.24, 2.45) is 0 Å². The van der Waals surface area contributed by atoms with Gasteiger partial charge in [-0.05, 0) is 24.4 Å². The fourth-order valence-corrected chi connectivity index (χ4v) is 4.49. The molecule has 0 aliphatic heterocycles. The lowest BCUT2D eigenvalue weighted by molar-refractivity contribution is 0.600. The van der Waals surface area contributed by atoms with E-state index in [9.17, 15) is 8.42 Å². The number of anilines is 2. The van der Waals surface area contributed by atoms with Crippen LogP contribution in [0.4, 0.5) is 10.8 Å². The van der Waals surface area contributed by atoms with Crippen LogP contribution in [0.3, 0.4) is 0 Å². The van der Waals surface area contributed by atoms with Crippen LogP contribution in [-0.4, -0.2) is 25.1 Å². The zero-order valence-electron chi connectivity index (χ0n) is 10.5. The smallest absolute Gasteiger partial charge is 0.182 e. The normalized spacial score (nSPS) is 18.5. The van der Waals surface area contributed by atoms with E-state index in [1.54, 1.807) is 0 Å². The van der Waals surface area contributed by atoms with Crippen LogP contribution in [0.15, 0.2) is 4.90 Å². The molecule has 1 fully saturated rings. The summed E-state index contributed by atoms with van der Waals surface area (Å²) in [4.78, 5) is 0.164. The highest BCUT2D eigenvalue weighted by atomic mass is 32.2. The molecule has 1 saturated carbocycles. The number of aromatic nitrogens is 1. The zero-order chi connectivity index (χ0) is 13.2. The fourth-order valence-electron chi connectivity index (χ4n) is 2.35. The van der Waals surface area contributed by atoms with Crippen molar-refractivity contribution >= 4 is 32.2 Å². The molecule has 2 rings (SSSR count). The molecular weight excluding hydrogens is 270 g/mol. The lowest BCUT2D eigenvalue weighted by atomic mass is 10.1. The van der Waals surface area contributed by atoms with Crippen molar-refractivity contribution in [1.29, 1.82) is 0 Å². The first kappa shape index (κ1) is 13.6. The van der Waals surface area contributed by atoms with Gasteiger partial charge in [0.05, 0.1) is 0 Å². The van der Waals surface area contributed by atoms with Gasteiger partial charge < -0.3 is 11.1 Å². The molecule has 0 saturated heterocycles. The van der Waals surface area contributed by atoms with E-state index in [4.69, 9.17) is 5.73 Å². The molecule has 3 N–H and O–H groups in total. The summed E-state index contributed by atoms with van der Waals surface area (Å²) in [5.74, 6) is 0.110. The molecule has 1 heterocycles. The van der Waals surface area contributed by atoms with Gasteiger partial charge >= 0.3 is 0 Å². The van der Waals surface area contributed by atoms with E-state index in [2.05, 4.69) is 9.69 Å². The molecule has 102 valence electrons. The number of hydrogen-bond acceptors (Lipinski definition) is 6. The summed E-state index contributed by atoms with van der Waals surface area (Å²) in [6.07, 6.45) is 8.26. The van der Waals surface area contributed by atoms with Gasteiger partial charge in [-0.2, -0.15) is 4.37 Å². The molecule has 5 nitrogen and oxygen atoms in total. The third kappa shape index (κ3) is 3.14. The molecule has 18 heavy (non-hydrogen) atoms. The number of hydrogen-bond donors (Lipinski definition) is 2. The third-order valence-electron chi connectivity index (χ3n) is 3.24. The van der Waals surface area contributed by atoms with E-state index in [0.29, 0.717) is 11.0 Å². The topological polar surface area (TPSA) is 85.1 Å². The SMILES string of the molecule is CS(=O)(=O)c1c(N)nsc1NC1CCCCCC1. The summed E-state index contributed by atoms with van der Waals surface area (Å²) in [5.41, 5.74) is 5.64. The second-order valence-corrected chi connectivity index (χ2v) is 7.56. The fraction of sp³-hybridized carbons (Fsp3) is 0.727. The van der Waals surface area contributed by atoms with Crippen molar-refractivity contribution in [1.82, 2.24) is 4.37 Å². The molecular formula is C11H19N3O2S2. The highest BCUT2D eigenvalue weighted by Crippen LogP contribution is 2.33. The van der Waals surface area contributed by atoms with E-state index >= 15 is 0 Å². The van der Waals surface area contributed by atoms with Crippen molar-refractivity contribution in [3.63, 3.8) is 0 Å². The molecule has 1 aliphatic rings. The second-order valence-electron chi connectivity index (χ2n) is 4.83. The molecule has 1 aliphatic carbocycles. The highest BCUT2D eigenvalue weighted by Gasteiger charge is 2.23. The Labute approximate surface area is 112 Å². The minimum Gasteiger partial charge on any atom is -0.382 e. The molecule has 0 unspecified atom stereocenters. The van der Waals surface area contributed by atoms with Crippen LogP contribution in [0.5, 0.6) is 0 Å². The maximum atomic E-state index is 11.7. The van der Waals surface area contributed by atoms with E-state index in [0.717, 1.165) is 24.4 Å². The quantitative estimate of drug-likeness (QED) is 0.834. The van der Waals surface area contributed by atoms with Crippen LogP contribution in [0.1, 0.15) is 38.5 Å². The van der Waals surface area contributed by atoms with Crippen LogP contribution in [0.25, 0.3) is 0 Å². The zero-order valence-corrected chi connectivity index (χ0v) is 12.1. The first-order valence-electron chi connectivity index (χ1n) is 6.20. The number of sulfone groups is 1. The summed E-state index contributed by atoms with van der Waals surface area (Å²) in [6, 6.07) is 0.341. The molecule has 0 bridgehead atoms.